The molecule has 0 bridgehead atoms. The maximum atomic E-state index is 12.9. The number of aromatic nitrogens is 4. The molecule has 2 aromatic heterocycles. The van der Waals surface area contributed by atoms with Gasteiger partial charge in [0, 0.05) is 0 Å². The quantitative estimate of drug-likeness (QED) is 0.211. The van der Waals surface area contributed by atoms with Crippen LogP contribution in [0, 0.1) is 0 Å². The minimum absolute atomic E-state index is 0.311. The first-order valence-electron chi connectivity index (χ1n) is 10.6. The molecule has 176 valence electrons. The first-order chi connectivity index (χ1) is 16.0. The summed E-state index contributed by atoms with van der Waals surface area (Å²) in [5, 5.41) is 39.9. The highest BCUT2D eigenvalue weighted by atomic mass is 16.5. The van der Waals surface area contributed by atoms with Gasteiger partial charge in [-0.3, -0.25) is 4.79 Å². The monoisotopic (exact) mass is 457 g/mol. The molecule has 1 aliphatic heterocycles. The Labute approximate surface area is 189 Å². The van der Waals surface area contributed by atoms with E-state index in [0.29, 0.717) is 23.4 Å². The Kier molecular flexibility index (Phi) is 7.11. The van der Waals surface area contributed by atoms with Crippen molar-refractivity contribution < 1.29 is 24.9 Å². The molecular weight excluding hydrogens is 430 g/mol. The summed E-state index contributed by atoms with van der Waals surface area (Å²) in [7, 11) is 1.66. The number of anilines is 1. The minimum Gasteiger partial charge on any atom is -0.394 e. The van der Waals surface area contributed by atoms with E-state index in [1.54, 1.807) is 7.05 Å². The van der Waals surface area contributed by atoms with Crippen LogP contribution in [0.5, 0.6) is 0 Å². The SMILES string of the molecule is CNC(Cc1ccccc1)C(=O)NC1[C@H](CO)O[C@H](Nc2ncnc3nc[nH]c23)[C@@H](O)[C@@H]1O. The van der Waals surface area contributed by atoms with Gasteiger partial charge >= 0.3 is 0 Å². The van der Waals surface area contributed by atoms with Crippen molar-refractivity contribution in [3.63, 3.8) is 0 Å². The number of aromatic amines is 1. The molecule has 3 aromatic rings. The van der Waals surface area contributed by atoms with Gasteiger partial charge in [0.05, 0.1) is 25.0 Å². The van der Waals surface area contributed by atoms with Crippen LogP contribution in [0.15, 0.2) is 43.0 Å². The standard InChI is InChI=1S/C21H27N7O5/c1-22-12(7-11-5-3-2-4-6-11)20(32)27-14-13(8-29)33-21(17(31)16(14)30)28-19-15-18(24-9-23-15)25-10-26-19/h2-6,9-10,12-14,16-17,21-22,29-31H,7-8H2,1H3,(H,27,32)(H2,23,24,25,26,28)/t12?,13-,14?,16+,17-,21-/m0/s1. The summed E-state index contributed by atoms with van der Waals surface area (Å²) in [4.78, 5) is 28.0. The van der Waals surface area contributed by atoms with Gasteiger partial charge in [-0.05, 0) is 19.0 Å². The fourth-order valence-electron chi connectivity index (χ4n) is 3.87. The molecule has 0 radical (unpaired) electrons. The van der Waals surface area contributed by atoms with Crippen molar-refractivity contribution in [2.45, 2.75) is 43.0 Å². The van der Waals surface area contributed by atoms with E-state index in [1.165, 1.54) is 12.7 Å². The highest BCUT2D eigenvalue weighted by Gasteiger charge is 2.45. The van der Waals surface area contributed by atoms with Gasteiger partial charge in [0.15, 0.2) is 17.7 Å². The van der Waals surface area contributed by atoms with Gasteiger partial charge in [-0.15, -0.1) is 0 Å². The van der Waals surface area contributed by atoms with Crippen molar-refractivity contribution >= 4 is 22.9 Å². The number of aliphatic hydroxyl groups excluding tert-OH is 3. The zero-order chi connectivity index (χ0) is 23.4. The highest BCUT2D eigenvalue weighted by molar-refractivity contribution is 5.83. The molecule has 4 rings (SSSR count). The normalized spacial score (nSPS) is 26.1. The van der Waals surface area contributed by atoms with Crippen molar-refractivity contribution in [2.75, 3.05) is 19.0 Å². The summed E-state index contributed by atoms with van der Waals surface area (Å²) in [5.74, 6) is -0.0768. The lowest BCUT2D eigenvalue weighted by atomic mass is 9.94. The van der Waals surface area contributed by atoms with Crippen molar-refractivity contribution in [3.05, 3.63) is 48.5 Å². The molecule has 7 N–H and O–H groups in total. The third-order valence-electron chi connectivity index (χ3n) is 5.69. The number of benzene rings is 1. The number of hydrogen-bond donors (Lipinski definition) is 7. The van der Waals surface area contributed by atoms with Crippen LogP contribution in [-0.2, 0) is 16.0 Å². The van der Waals surface area contributed by atoms with Crippen molar-refractivity contribution in [1.82, 2.24) is 30.6 Å². The van der Waals surface area contributed by atoms with E-state index >= 15 is 0 Å². The van der Waals surface area contributed by atoms with E-state index in [0.717, 1.165) is 5.56 Å². The largest absolute Gasteiger partial charge is 0.394 e. The van der Waals surface area contributed by atoms with E-state index in [1.807, 2.05) is 30.3 Å². The van der Waals surface area contributed by atoms with Crippen LogP contribution in [0.25, 0.3) is 11.2 Å². The van der Waals surface area contributed by atoms with Crippen LogP contribution < -0.4 is 16.0 Å². The molecule has 1 amide bonds. The minimum atomic E-state index is -1.42. The zero-order valence-electron chi connectivity index (χ0n) is 17.9. The molecule has 12 heteroatoms. The van der Waals surface area contributed by atoms with Gasteiger partial charge in [0.25, 0.3) is 0 Å². The topological polar surface area (TPSA) is 178 Å². The Balaban J connectivity index is 1.45. The lowest BCUT2D eigenvalue weighted by molar-refractivity contribution is -0.185. The summed E-state index contributed by atoms with van der Waals surface area (Å²) in [6.45, 7) is -0.487. The number of aliphatic hydroxyl groups is 3. The predicted molar refractivity (Wildman–Crippen MR) is 118 cm³/mol. The molecule has 6 atom stereocenters. The van der Waals surface area contributed by atoms with Gasteiger partial charge in [-0.25, -0.2) is 15.0 Å². The van der Waals surface area contributed by atoms with Crippen LogP contribution >= 0.6 is 0 Å². The molecule has 33 heavy (non-hydrogen) atoms. The Morgan fingerprint density at radius 2 is 1.97 bits per heavy atom. The highest BCUT2D eigenvalue weighted by Crippen LogP contribution is 2.24. The van der Waals surface area contributed by atoms with Gasteiger partial charge in [0.2, 0.25) is 5.91 Å². The van der Waals surface area contributed by atoms with E-state index in [-0.39, 0.29) is 5.91 Å². The number of amides is 1. The zero-order valence-corrected chi connectivity index (χ0v) is 17.9. The number of carbonyl (C=O) groups is 1. The molecule has 1 aliphatic rings. The second kappa shape index (κ2) is 10.2. The molecule has 12 nitrogen and oxygen atoms in total. The number of nitrogens with zero attached hydrogens (tertiary/aromatic N) is 3. The van der Waals surface area contributed by atoms with Crippen LogP contribution in [0.4, 0.5) is 5.82 Å². The molecule has 0 saturated carbocycles. The summed E-state index contributed by atoms with van der Waals surface area (Å²) in [6, 6.07) is 7.88. The Bertz CT molecular complexity index is 1060. The number of nitrogens with one attached hydrogen (secondary N) is 4. The predicted octanol–water partition coefficient (Wildman–Crippen LogP) is -1.48. The number of ether oxygens (including phenoxy) is 1. The van der Waals surface area contributed by atoms with Crippen molar-refractivity contribution in [1.29, 1.82) is 0 Å². The van der Waals surface area contributed by atoms with E-state index in [2.05, 4.69) is 35.9 Å². The number of likely N-dealkylation sites (N-methyl/N-ethyl adjacent to an activating group) is 1. The Hall–Kier alpha value is -3.16. The lowest BCUT2D eigenvalue weighted by Crippen LogP contribution is -2.67. The molecule has 2 unspecified atom stereocenters. The van der Waals surface area contributed by atoms with E-state index in [9.17, 15) is 20.1 Å². The van der Waals surface area contributed by atoms with Gasteiger partial charge in [-0.2, -0.15) is 0 Å². The molecule has 0 spiro atoms. The molecule has 1 fully saturated rings. The number of H-pyrrole nitrogens is 1. The summed E-state index contributed by atoms with van der Waals surface area (Å²) < 4.78 is 5.79. The first kappa shape index (κ1) is 23.0. The lowest BCUT2D eigenvalue weighted by Gasteiger charge is -2.43. The smallest absolute Gasteiger partial charge is 0.237 e. The summed E-state index contributed by atoms with van der Waals surface area (Å²) in [6.07, 6.45) is -1.73. The fourth-order valence-corrected chi connectivity index (χ4v) is 3.87. The maximum Gasteiger partial charge on any atom is 0.237 e. The van der Waals surface area contributed by atoms with Crippen LogP contribution in [0.3, 0.4) is 0 Å². The second-order valence-corrected chi connectivity index (χ2v) is 7.79. The third-order valence-corrected chi connectivity index (χ3v) is 5.69. The van der Waals surface area contributed by atoms with Crippen LogP contribution in [0.2, 0.25) is 0 Å². The summed E-state index contributed by atoms with van der Waals surface area (Å²) in [5.41, 5.74) is 1.88. The molecule has 1 aromatic carbocycles. The van der Waals surface area contributed by atoms with E-state index in [4.69, 9.17) is 4.74 Å². The van der Waals surface area contributed by atoms with Crippen LogP contribution in [-0.4, -0.2) is 91.4 Å². The third kappa shape index (κ3) is 4.94. The van der Waals surface area contributed by atoms with Crippen molar-refractivity contribution in [3.8, 4) is 0 Å². The van der Waals surface area contributed by atoms with Crippen LogP contribution in [0.1, 0.15) is 5.56 Å². The average molecular weight is 457 g/mol. The number of hydrogen-bond acceptors (Lipinski definition) is 10. The molecular formula is C21H27N7O5. The van der Waals surface area contributed by atoms with E-state index < -0.39 is 43.2 Å². The fraction of sp³-hybridized carbons (Fsp3) is 0.429. The molecule has 3 heterocycles. The summed E-state index contributed by atoms with van der Waals surface area (Å²) >= 11 is 0. The first-order valence-corrected chi connectivity index (χ1v) is 10.6. The Morgan fingerprint density at radius 3 is 2.70 bits per heavy atom. The number of fused-ring (bicyclic) bond motifs is 1. The van der Waals surface area contributed by atoms with Crippen molar-refractivity contribution in [2.24, 2.45) is 0 Å². The van der Waals surface area contributed by atoms with Gasteiger partial charge < -0.3 is 41.0 Å². The average Bonchev–Trinajstić information content (AvgIpc) is 3.32. The molecule has 0 aliphatic carbocycles. The second-order valence-electron chi connectivity index (χ2n) is 7.79. The Morgan fingerprint density at radius 1 is 1.18 bits per heavy atom. The maximum absolute atomic E-state index is 12.9. The number of rotatable bonds is 8. The van der Waals surface area contributed by atoms with Gasteiger partial charge in [-0.1, -0.05) is 30.3 Å². The van der Waals surface area contributed by atoms with Gasteiger partial charge in [0.1, 0.15) is 30.2 Å². The molecule has 1 saturated heterocycles. The number of imidazole rings is 1. The number of carbonyl (C=O) groups excluding carboxylic acids is 1.